The van der Waals surface area contributed by atoms with Gasteiger partial charge >= 0.3 is 0 Å². The molecule has 112 valence electrons. The summed E-state index contributed by atoms with van der Waals surface area (Å²) < 4.78 is 14.4. The van der Waals surface area contributed by atoms with Gasteiger partial charge in [-0.3, -0.25) is 0 Å². The van der Waals surface area contributed by atoms with E-state index in [9.17, 15) is 4.39 Å². The number of nitrogens with one attached hydrogen (secondary N) is 1. The molecule has 1 aliphatic rings. The van der Waals surface area contributed by atoms with E-state index in [1.807, 2.05) is 12.1 Å². The molecule has 0 spiro atoms. The summed E-state index contributed by atoms with van der Waals surface area (Å²) in [5, 5.41) is 3.49. The van der Waals surface area contributed by atoms with E-state index < -0.39 is 0 Å². The van der Waals surface area contributed by atoms with E-state index in [0.29, 0.717) is 18.0 Å². The number of anilines is 1. The molecule has 0 bridgehead atoms. The summed E-state index contributed by atoms with van der Waals surface area (Å²) in [5.41, 5.74) is 1.86. The summed E-state index contributed by atoms with van der Waals surface area (Å²) in [4.78, 5) is 2.20. The molecule has 0 aromatic heterocycles. The molecule has 0 aliphatic heterocycles. The summed E-state index contributed by atoms with van der Waals surface area (Å²) in [6, 6.07) is 6.38. The van der Waals surface area contributed by atoms with Crippen LogP contribution < -0.4 is 10.2 Å². The number of hydrogen-bond donors (Lipinski definition) is 1. The molecule has 1 aromatic carbocycles. The highest BCUT2D eigenvalue weighted by Crippen LogP contribution is 2.28. The normalized spacial score (nSPS) is 15.2. The molecule has 0 amide bonds. The van der Waals surface area contributed by atoms with Crippen LogP contribution in [0.3, 0.4) is 0 Å². The zero-order chi connectivity index (χ0) is 14.7. The van der Waals surface area contributed by atoms with Gasteiger partial charge < -0.3 is 10.2 Å². The minimum absolute atomic E-state index is 0.102. The summed E-state index contributed by atoms with van der Waals surface area (Å²) in [5.74, 6) is 0.413. The fraction of sp³-hybridized carbons (Fsp3) is 0.647. The average molecular weight is 278 g/mol. The van der Waals surface area contributed by atoms with Crippen molar-refractivity contribution in [2.24, 2.45) is 5.92 Å². The molecule has 1 aliphatic carbocycles. The third-order valence-electron chi connectivity index (χ3n) is 3.70. The van der Waals surface area contributed by atoms with Crippen molar-refractivity contribution in [2.45, 2.75) is 59.2 Å². The molecule has 2 rings (SSSR count). The van der Waals surface area contributed by atoms with Gasteiger partial charge in [-0.2, -0.15) is 0 Å². The van der Waals surface area contributed by atoms with Crippen molar-refractivity contribution < 1.29 is 4.39 Å². The Hall–Kier alpha value is -1.09. The van der Waals surface area contributed by atoms with Gasteiger partial charge in [-0.15, -0.1) is 0 Å². The van der Waals surface area contributed by atoms with Gasteiger partial charge in [0.1, 0.15) is 5.82 Å². The predicted molar refractivity (Wildman–Crippen MR) is 83.6 cm³/mol. The highest BCUT2D eigenvalue weighted by Gasteiger charge is 2.23. The first-order valence-corrected chi connectivity index (χ1v) is 7.76. The first kappa shape index (κ1) is 15.3. The topological polar surface area (TPSA) is 15.3 Å². The van der Waals surface area contributed by atoms with Crippen LogP contribution in [0.4, 0.5) is 10.1 Å². The maximum Gasteiger partial charge on any atom is 0.146 e. The van der Waals surface area contributed by atoms with Crippen molar-refractivity contribution in [1.29, 1.82) is 0 Å². The molecule has 0 heterocycles. The van der Waals surface area contributed by atoms with Crippen LogP contribution in [-0.2, 0) is 6.54 Å². The molecule has 0 radical (unpaired) electrons. The van der Waals surface area contributed by atoms with Gasteiger partial charge in [-0.1, -0.05) is 26.0 Å². The quantitative estimate of drug-likeness (QED) is 0.812. The van der Waals surface area contributed by atoms with E-state index in [4.69, 9.17) is 0 Å². The first-order chi connectivity index (χ1) is 9.49. The number of nitrogens with zero attached hydrogens (tertiary/aromatic N) is 1. The molecule has 20 heavy (non-hydrogen) atoms. The Morgan fingerprint density at radius 3 is 2.50 bits per heavy atom. The lowest BCUT2D eigenvalue weighted by Crippen LogP contribution is -2.36. The van der Waals surface area contributed by atoms with E-state index >= 15 is 0 Å². The molecule has 0 saturated heterocycles. The van der Waals surface area contributed by atoms with Crippen molar-refractivity contribution in [3.63, 3.8) is 0 Å². The lowest BCUT2D eigenvalue weighted by molar-refractivity contribution is 0.544. The third-order valence-corrected chi connectivity index (χ3v) is 3.70. The second kappa shape index (κ2) is 6.57. The highest BCUT2D eigenvalue weighted by atomic mass is 19.1. The van der Waals surface area contributed by atoms with Gasteiger partial charge in [-0.25, -0.2) is 4.39 Å². The van der Waals surface area contributed by atoms with Crippen molar-refractivity contribution in [3.8, 4) is 0 Å². The van der Waals surface area contributed by atoms with Crippen LogP contribution >= 0.6 is 0 Å². The number of benzene rings is 1. The molecule has 1 fully saturated rings. The van der Waals surface area contributed by atoms with Crippen molar-refractivity contribution in [2.75, 3.05) is 11.4 Å². The minimum atomic E-state index is -0.102. The zero-order valence-electron chi connectivity index (χ0n) is 13.1. The van der Waals surface area contributed by atoms with Crippen molar-refractivity contribution >= 4 is 5.69 Å². The fourth-order valence-electron chi connectivity index (χ4n) is 2.52. The molecule has 0 atom stereocenters. The third kappa shape index (κ3) is 3.95. The average Bonchev–Trinajstić information content (AvgIpc) is 3.17. The SMILES string of the molecule is CC(C)CN(c1c(F)cccc1CNC1CC1)C(C)C. The van der Waals surface area contributed by atoms with Gasteiger partial charge in [0, 0.05) is 25.2 Å². The number of rotatable bonds is 7. The predicted octanol–water partition coefficient (Wildman–Crippen LogP) is 3.95. The Kier molecular flexibility index (Phi) is 5.03. The monoisotopic (exact) mass is 278 g/mol. The lowest BCUT2D eigenvalue weighted by Gasteiger charge is -2.33. The Labute approximate surface area is 122 Å². The highest BCUT2D eigenvalue weighted by molar-refractivity contribution is 5.55. The van der Waals surface area contributed by atoms with Crippen molar-refractivity contribution in [1.82, 2.24) is 5.32 Å². The maximum atomic E-state index is 14.4. The summed E-state index contributed by atoms with van der Waals surface area (Å²) in [6.07, 6.45) is 2.51. The van der Waals surface area contributed by atoms with E-state index in [-0.39, 0.29) is 5.82 Å². The molecular weight excluding hydrogens is 251 g/mol. The van der Waals surface area contributed by atoms with E-state index in [0.717, 1.165) is 24.3 Å². The standard InChI is InChI=1S/C17H27FN2/c1-12(2)11-20(13(3)4)17-14(6-5-7-16(17)18)10-19-15-8-9-15/h5-7,12-13,15,19H,8-11H2,1-4H3. The van der Waals surface area contributed by atoms with Gasteiger partial charge in [0.05, 0.1) is 5.69 Å². The Morgan fingerprint density at radius 1 is 1.25 bits per heavy atom. The number of halogens is 1. The van der Waals surface area contributed by atoms with E-state index in [2.05, 4.69) is 37.9 Å². The largest absolute Gasteiger partial charge is 0.366 e. The Bertz CT molecular complexity index is 439. The molecule has 3 heteroatoms. The molecule has 1 N–H and O–H groups in total. The van der Waals surface area contributed by atoms with Gasteiger partial charge in [-0.05, 0) is 44.2 Å². The van der Waals surface area contributed by atoms with E-state index in [1.54, 1.807) is 6.07 Å². The second-order valence-electron chi connectivity index (χ2n) is 6.54. The van der Waals surface area contributed by atoms with Crippen LogP contribution in [0.25, 0.3) is 0 Å². The van der Waals surface area contributed by atoms with Gasteiger partial charge in [0.25, 0.3) is 0 Å². The van der Waals surface area contributed by atoms with Crippen LogP contribution in [0.1, 0.15) is 46.1 Å². The smallest absolute Gasteiger partial charge is 0.146 e. The molecule has 1 aromatic rings. The fourth-order valence-corrected chi connectivity index (χ4v) is 2.52. The van der Waals surface area contributed by atoms with E-state index in [1.165, 1.54) is 12.8 Å². The number of hydrogen-bond acceptors (Lipinski definition) is 2. The van der Waals surface area contributed by atoms with Crippen LogP contribution in [0, 0.1) is 11.7 Å². The summed E-state index contributed by atoms with van der Waals surface area (Å²) in [6.45, 7) is 10.3. The second-order valence-corrected chi connectivity index (χ2v) is 6.54. The molecule has 1 saturated carbocycles. The molecule has 2 nitrogen and oxygen atoms in total. The van der Waals surface area contributed by atoms with Gasteiger partial charge in [0.2, 0.25) is 0 Å². The van der Waals surface area contributed by atoms with Crippen molar-refractivity contribution in [3.05, 3.63) is 29.6 Å². The molecular formula is C17H27FN2. The number of para-hydroxylation sites is 1. The van der Waals surface area contributed by atoms with Crippen LogP contribution in [-0.4, -0.2) is 18.6 Å². The molecule has 0 unspecified atom stereocenters. The Balaban J connectivity index is 2.24. The summed E-state index contributed by atoms with van der Waals surface area (Å²) in [7, 11) is 0. The van der Waals surface area contributed by atoms with Crippen LogP contribution in [0.15, 0.2) is 18.2 Å². The van der Waals surface area contributed by atoms with Crippen LogP contribution in [0.5, 0.6) is 0 Å². The maximum absolute atomic E-state index is 14.4. The summed E-state index contributed by atoms with van der Waals surface area (Å²) >= 11 is 0. The zero-order valence-corrected chi connectivity index (χ0v) is 13.1. The minimum Gasteiger partial charge on any atom is -0.366 e. The van der Waals surface area contributed by atoms with Crippen LogP contribution in [0.2, 0.25) is 0 Å². The lowest BCUT2D eigenvalue weighted by atomic mass is 10.1. The first-order valence-electron chi connectivity index (χ1n) is 7.76. The van der Waals surface area contributed by atoms with Gasteiger partial charge in [0.15, 0.2) is 0 Å². The Morgan fingerprint density at radius 2 is 1.95 bits per heavy atom.